The van der Waals surface area contributed by atoms with Crippen LogP contribution in [0.1, 0.15) is 52.4 Å². The molecular weight excluding hydrogens is 356 g/mol. The van der Waals surface area contributed by atoms with Crippen molar-refractivity contribution in [3.63, 3.8) is 0 Å². The van der Waals surface area contributed by atoms with Gasteiger partial charge in [-0.2, -0.15) is 0 Å². The van der Waals surface area contributed by atoms with Crippen molar-refractivity contribution in [2.24, 2.45) is 28.6 Å². The minimum Gasteiger partial charge on any atom is -0.392 e. The average molecular weight is 387 g/mol. The normalized spacial score (nSPS) is 54.4. The molecule has 3 nitrogen and oxygen atoms in total. The zero-order chi connectivity index (χ0) is 18.0. The average Bonchev–Trinajstić information content (AvgIpc) is 3.24. The number of thioether (sulfide) groups is 1. The van der Waals surface area contributed by atoms with E-state index in [1.807, 2.05) is 7.11 Å². The number of methoxy groups -OCH3 is 1. The fraction of sp³-hybridized carbons (Fsp3) is 0.950. The molecule has 4 saturated carbocycles. The molecule has 1 N–H and O–H groups in total. The first-order valence-electron chi connectivity index (χ1n) is 9.81. The summed E-state index contributed by atoms with van der Waals surface area (Å²) in [4.78, 5) is 13.6. The number of aliphatic hydroxyl groups excluding tert-OH is 1. The van der Waals surface area contributed by atoms with E-state index in [0.717, 1.165) is 31.4 Å². The number of hydrogen-bond donors (Lipinski definition) is 1. The number of carbonyl (C=O) groups is 1. The summed E-state index contributed by atoms with van der Waals surface area (Å²) in [5, 5.41) is 11.4. The monoisotopic (exact) mass is 386 g/mol. The highest BCUT2D eigenvalue weighted by Gasteiger charge is 2.76. The lowest BCUT2D eigenvalue weighted by atomic mass is 9.52. The molecule has 142 valence electrons. The fourth-order valence-electron chi connectivity index (χ4n) is 7.17. The van der Waals surface area contributed by atoms with Crippen LogP contribution in [-0.4, -0.2) is 46.6 Å². The Balaban J connectivity index is 1.79. The van der Waals surface area contributed by atoms with Gasteiger partial charge in [0.25, 0.3) is 0 Å². The first kappa shape index (κ1) is 18.6. The minimum atomic E-state index is -0.520. The van der Waals surface area contributed by atoms with E-state index in [1.54, 1.807) is 11.8 Å². The Morgan fingerprint density at radius 2 is 2.04 bits per heavy atom. The second kappa shape index (κ2) is 6.12. The third-order valence-electron chi connectivity index (χ3n) is 8.40. The summed E-state index contributed by atoms with van der Waals surface area (Å²) in [6.45, 7) is 4.22. The lowest BCUT2D eigenvalue weighted by Crippen LogP contribution is -2.58. The number of Topliss-reactive ketones (excluding diaryl/α,β-unsaturated/α-hetero) is 1. The Labute approximate surface area is 160 Å². The first-order chi connectivity index (χ1) is 11.9. The van der Waals surface area contributed by atoms with Gasteiger partial charge in [-0.15, -0.1) is 23.4 Å². The second-order valence-corrected chi connectivity index (χ2v) is 11.1. The van der Waals surface area contributed by atoms with Crippen LogP contribution >= 0.6 is 23.4 Å². The van der Waals surface area contributed by atoms with Gasteiger partial charge in [0.15, 0.2) is 5.78 Å². The summed E-state index contributed by atoms with van der Waals surface area (Å²) in [5.41, 5.74) is 0.0160. The van der Waals surface area contributed by atoms with Gasteiger partial charge in [0.1, 0.15) is 0 Å². The molecule has 0 aromatic rings. The lowest BCUT2D eigenvalue weighted by Gasteiger charge is -2.54. The molecule has 0 amide bonds. The molecule has 1 spiro atoms. The summed E-state index contributed by atoms with van der Waals surface area (Å²) in [7, 11) is 1.81. The van der Waals surface area contributed by atoms with Crippen molar-refractivity contribution in [2.45, 2.75) is 69.3 Å². The summed E-state index contributed by atoms with van der Waals surface area (Å²) < 4.78 is 5.38. The van der Waals surface area contributed by atoms with Crippen LogP contribution in [0.3, 0.4) is 0 Å². The maximum Gasteiger partial charge on any atom is 0.152 e. The highest BCUT2D eigenvalue weighted by Crippen LogP contribution is 2.77. The SMILES string of the molecule is CO[C@@H]1CCC23CC[C@H]4C[C@@]4(C12)[C@H](O)C[C@@](C)(SCCCl)C(=O)[C@@H]3C. The van der Waals surface area contributed by atoms with E-state index in [1.165, 1.54) is 6.42 Å². The molecule has 8 atom stereocenters. The molecule has 0 aromatic carbocycles. The number of rotatable bonds is 4. The van der Waals surface area contributed by atoms with Crippen LogP contribution in [0.5, 0.6) is 0 Å². The maximum atomic E-state index is 13.6. The van der Waals surface area contributed by atoms with Gasteiger partial charge in [-0.1, -0.05) is 6.92 Å². The van der Waals surface area contributed by atoms with Crippen LogP contribution in [-0.2, 0) is 9.53 Å². The largest absolute Gasteiger partial charge is 0.392 e. The van der Waals surface area contributed by atoms with Gasteiger partial charge in [0.2, 0.25) is 0 Å². The topological polar surface area (TPSA) is 46.5 Å². The molecule has 2 unspecified atom stereocenters. The van der Waals surface area contributed by atoms with Crippen molar-refractivity contribution in [2.75, 3.05) is 18.7 Å². The van der Waals surface area contributed by atoms with Gasteiger partial charge >= 0.3 is 0 Å². The highest BCUT2D eigenvalue weighted by molar-refractivity contribution is 8.01. The van der Waals surface area contributed by atoms with E-state index < -0.39 is 10.9 Å². The number of alkyl halides is 1. The van der Waals surface area contributed by atoms with Crippen molar-refractivity contribution in [1.82, 2.24) is 0 Å². The van der Waals surface area contributed by atoms with Crippen LogP contribution < -0.4 is 0 Å². The smallest absolute Gasteiger partial charge is 0.152 e. The summed E-state index contributed by atoms with van der Waals surface area (Å²) in [5.74, 6) is 2.65. The third kappa shape index (κ3) is 2.36. The number of ether oxygens (including phenoxy) is 1. The molecule has 0 radical (unpaired) electrons. The predicted octanol–water partition coefficient (Wildman–Crippen LogP) is 3.90. The van der Waals surface area contributed by atoms with Crippen molar-refractivity contribution in [3.05, 3.63) is 0 Å². The molecule has 0 aliphatic heterocycles. The van der Waals surface area contributed by atoms with Crippen molar-refractivity contribution < 1.29 is 14.6 Å². The molecular formula is C20H31ClO3S. The highest BCUT2D eigenvalue weighted by atomic mass is 35.5. The number of aliphatic hydroxyl groups is 1. The second-order valence-electron chi connectivity index (χ2n) is 9.15. The van der Waals surface area contributed by atoms with Crippen molar-refractivity contribution in [1.29, 1.82) is 0 Å². The summed E-state index contributed by atoms with van der Waals surface area (Å²) >= 11 is 7.58. The number of carbonyl (C=O) groups excluding carboxylic acids is 1. The number of halogens is 1. The summed E-state index contributed by atoms with van der Waals surface area (Å²) in [6, 6.07) is 0. The summed E-state index contributed by atoms with van der Waals surface area (Å²) in [6.07, 6.45) is 5.89. The van der Waals surface area contributed by atoms with Crippen LogP contribution in [0.15, 0.2) is 0 Å². The fourth-order valence-corrected chi connectivity index (χ4v) is 8.53. The minimum absolute atomic E-state index is 0.00677. The van der Waals surface area contributed by atoms with Gasteiger partial charge in [-0.3, -0.25) is 4.79 Å². The quantitative estimate of drug-likeness (QED) is 0.744. The van der Waals surface area contributed by atoms with Gasteiger partial charge in [-0.05, 0) is 62.7 Å². The standard InChI is InChI=1S/C20H31ClO3S/c1-12-17(23)18(2,25-9-8-21)11-15(22)20-10-13(20)4-6-19(12)7-5-14(24-3)16(19)20/h12-16,22H,4-11H2,1-3H3/t12-,13-,14+,15+,16?,18+,19?,20-/m0/s1. The van der Waals surface area contributed by atoms with Crippen LogP contribution in [0.2, 0.25) is 0 Å². The van der Waals surface area contributed by atoms with Gasteiger partial charge < -0.3 is 9.84 Å². The molecule has 0 aromatic heterocycles. The molecule has 5 heteroatoms. The third-order valence-corrected chi connectivity index (χ3v) is 10.2. The van der Waals surface area contributed by atoms with Crippen LogP contribution in [0.4, 0.5) is 0 Å². The van der Waals surface area contributed by atoms with Gasteiger partial charge in [0, 0.05) is 30.1 Å². The molecule has 0 saturated heterocycles. The molecule has 4 fully saturated rings. The van der Waals surface area contributed by atoms with E-state index in [4.69, 9.17) is 16.3 Å². The predicted molar refractivity (Wildman–Crippen MR) is 102 cm³/mol. The Morgan fingerprint density at radius 3 is 2.72 bits per heavy atom. The van der Waals surface area contributed by atoms with Crippen LogP contribution in [0.25, 0.3) is 0 Å². The first-order valence-corrected chi connectivity index (χ1v) is 11.3. The van der Waals surface area contributed by atoms with Gasteiger partial charge in [0.05, 0.1) is 17.0 Å². The van der Waals surface area contributed by atoms with Crippen molar-refractivity contribution >= 4 is 29.1 Å². The zero-order valence-corrected chi connectivity index (χ0v) is 17.2. The molecule has 25 heavy (non-hydrogen) atoms. The molecule has 0 heterocycles. The lowest BCUT2D eigenvalue weighted by molar-refractivity contribution is -0.148. The molecule has 4 aliphatic carbocycles. The van der Waals surface area contributed by atoms with E-state index in [9.17, 15) is 9.90 Å². The van der Waals surface area contributed by atoms with E-state index in [-0.39, 0.29) is 22.9 Å². The zero-order valence-electron chi connectivity index (χ0n) is 15.6. The van der Waals surface area contributed by atoms with E-state index in [0.29, 0.717) is 29.9 Å². The molecule has 4 rings (SSSR count). The Kier molecular flexibility index (Phi) is 4.55. The molecule has 4 aliphatic rings. The van der Waals surface area contributed by atoms with E-state index >= 15 is 0 Å². The Bertz CT molecular complexity index is 571. The van der Waals surface area contributed by atoms with E-state index in [2.05, 4.69) is 13.8 Å². The van der Waals surface area contributed by atoms with Crippen molar-refractivity contribution in [3.8, 4) is 0 Å². The molecule has 2 bridgehead atoms. The Morgan fingerprint density at radius 1 is 1.32 bits per heavy atom. The van der Waals surface area contributed by atoms with Gasteiger partial charge in [-0.25, -0.2) is 0 Å². The Hall–Kier alpha value is 0.230. The van der Waals surface area contributed by atoms with Crippen LogP contribution in [0, 0.1) is 28.6 Å². The number of ketones is 1. The maximum absolute atomic E-state index is 13.6. The number of hydrogen-bond acceptors (Lipinski definition) is 4.